The number of aromatic amines is 3. The van der Waals surface area contributed by atoms with Crippen LogP contribution in [-0.2, 0) is 40.4 Å². The molecule has 0 aliphatic carbocycles. The van der Waals surface area contributed by atoms with Crippen molar-refractivity contribution >= 4 is 114 Å². The summed E-state index contributed by atoms with van der Waals surface area (Å²) >= 11 is 0. The van der Waals surface area contributed by atoms with Gasteiger partial charge in [-0.15, -0.1) is 30.4 Å². The van der Waals surface area contributed by atoms with E-state index >= 15 is 0 Å². The van der Waals surface area contributed by atoms with Gasteiger partial charge in [-0.2, -0.15) is 0 Å². The highest BCUT2D eigenvalue weighted by atomic mass is 127. The normalized spacial score (nSPS) is 11.3. The van der Waals surface area contributed by atoms with Crippen molar-refractivity contribution in [3.63, 3.8) is 0 Å². The number of fused-ring (bicyclic) bond motifs is 4. The number of nitrogen functional groups attached to an aromatic ring is 1. The van der Waals surface area contributed by atoms with Gasteiger partial charge in [0.05, 0.1) is 51.4 Å². The molecule has 10 aromatic carbocycles. The topological polar surface area (TPSA) is 273 Å². The highest BCUT2D eigenvalue weighted by Gasteiger charge is 2.23. The second-order valence-corrected chi connectivity index (χ2v) is 27.5. The summed E-state index contributed by atoms with van der Waals surface area (Å²) in [5.41, 5.74) is 25.8. The smallest absolute Gasteiger partial charge is 0.296 e. The van der Waals surface area contributed by atoms with Crippen LogP contribution < -0.4 is 21.7 Å². The molecule has 19 nitrogen and oxygen atoms in total. The molecule has 11 N–H and O–H groups in total. The molecule has 0 fully saturated rings. The number of nitrogens with one attached hydrogen (secondary N) is 6. The van der Waals surface area contributed by atoms with Gasteiger partial charge in [-0.25, -0.2) is 9.98 Å². The fraction of sp³-hybridized carbons (Fsp3) is 0.183. The summed E-state index contributed by atoms with van der Waals surface area (Å²) in [6, 6.07) is 76.5. The first-order valence-electron chi connectivity index (χ1n) is 36.6. The number of carbonyl (C=O) groups is 4. The number of terminal acetylenes is 1. The fourth-order valence-corrected chi connectivity index (χ4v) is 12.2. The van der Waals surface area contributed by atoms with Crippen molar-refractivity contribution in [2.45, 2.75) is 60.7 Å². The Morgan fingerprint density at radius 1 is 0.478 bits per heavy atom. The quantitative estimate of drug-likeness (QED) is 0.0143. The maximum atomic E-state index is 12.4. The molecule has 113 heavy (non-hydrogen) atoms. The third-order valence-electron chi connectivity index (χ3n) is 17.3. The number of H-pyrrole nitrogens is 3. The lowest BCUT2D eigenvalue weighted by molar-refractivity contribution is -0.116. The van der Waals surface area contributed by atoms with Crippen LogP contribution in [0.2, 0.25) is 0 Å². The lowest BCUT2D eigenvalue weighted by Gasteiger charge is -2.10. The highest BCUT2D eigenvalue weighted by molar-refractivity contribution is 14.0. The Morgan fingerprint density at radius 2 is 0.858 bits per heavy atom. The average Bonchev–Trinajstić information content (AvgIpc) is 1.65. The molecule has 578 valence electrons. The number of amides is 3. The molecule has 3 aromatic heterocycles. The van der Waals surface area contributed by atoms with E-state index in [4.69, 9.17) is 22.1 Å². The molecule has 0 saturated heterocycles. The third-order valence-corrected chi connectivity index (χ3v) is 17.3. The van der Waals surface area contributed by atoms with Gasteiger partial charge in [-0.3, -0.25) is 19.2 Å². The highest BCUT2D eigenvalue weighted by Crippen LogP contribution is 2.35. The second kappa shape index (κ2) is 41.8. The zero-order valence-electron chi connectivity index (χ0n) is 65.5. The molecular weight excluding hydrogens is 1520 g/mol. The van der Waals surface area contributed by atoms with Gasteiger partial charge in [0.1, 0.15) is 0 Å². The fourth-order valence-electron chi connectivity index (χ4n) is 12.2. The number of aromatic nitrogens is 3. The molecule has 0 spiro atoms. The van der Waals surface area contributed by atoms with Crippen LogP contribution in [0.4, 0.5) is 22.7 Å². The number of nitrogens with two attached hydrogens (primary N) is 1. The van der Waals surface area contributed by atoms with E-state index in [0.717, 1.165) is 109 Å². The number of aromatic hydroxyl groups is 3. The molecule has 4 heterocycles. The number of anilines is 2. The van der Waals surface area contributed by atoms with Crippen LogP contribution >= 0.6 is 24.0 Å². The number of nitrogens with zero attached hydrogens (tertiary/aromatic N) is 5. The molecule has 1 aliphatic heterocycles. The zero-order chi connectivity index (χ0) is 80.4. The van der Waals surface area contributed by atoms with E-state index in [9.17, 15) is 34.5 Å². The average molecular weight is 1620 g/mol. The van der Waals surface area contributed by atoms with Crippen LogP contribution in [0.15, 0.2) is 247 Å². The van der Waals surface area contributed by atoms with Crippen molar-refractivity contribution in [3.8, 4) is 41.8 Å². The number of aryl methyl sites for hydroxylation is 3. The minimum atomic E-state index is -0.345. The van der Waals surface area contributed by atoms with Crippen LogP contribution in [0, 0.1) is 45.0 Å². The molecular formula is C93H97IN12O7. The van der Waals surface area contributed by atoms with Crippen LogP contribution in [0.3, 0.4) is 0 Å². The van der Waals surface area contributed by atoms with E-state index in [2.05, 4.69) is 128 Å². The first kappa shape index (κ1) is 85.8. The van der Waals surface area contributed by atoms with Gasteiger partial charge < -0.3 is 66.7 Å². The second-order valence-electron chi connectivity index (χ2n) is 27.5. The maximum absolute atomic E-state index is 12.4. The van der Waals surface area contributed by atoms with Gasteiger partial charge in [-0.05, 0) is 188 Å². The summed E-state index contributed by atoms with van der Waals surface area (Å²) in [7, 11) is 12.3. The van der Waals surface area contributed by atoms with E-state index in [0.29, 0.717) is 53.0 Å². The van der Waals surface area contributed by atoms with E-state index in [1.807, 2.05) is 237 Å². The molecule has 20 heteroatoms. The summed E-state index contributed by atoms with van der Waals surface area (Å²) in [5.74, 6) is 6.72. The predicted octanol–water partition coefficient (Wildman–Crippen LogP) is 16.6. The Hall–Kier alpha value is -12.8. The van der Waals surface area contributed by atoms with Gasteiger partial charge >= 0.3 is 0 Å². The van der Waals surface area contributed by atoms with E-state index in [1.54, 1.807) is 12.1 Å². The lowest BCUT2D eigenvalue weighted by atomic mass is 10.00. The number of halogens is 1. The summed E-state index contributed by atoms with van der Waals surface area (Å²) in [5, 5.41) is 42.0. The molecule has 1 aliphatic rings. The standard InChI is InChI=1S/C29H28N4O2.C25H25N3O.C16H13NO2.C9H14N2.C9H9NO.C5H7NO.HI/c1-4-30-26(34)17-13-20-12-16-24-25(18-20)32-29(35)27(24)28(22-8-6-5-7-9-22)31-23-14-10-21(11-15-23)19-33(2)3;1-17-9-14-21-22(15-17)27-25(29)23(21)24(19-7-5-4-6-8-19)26-20-12-10-18(11-13-20)16-28(2)3;1-10-7-8-12-13(9-10)17-16(19)14(12)15(18)11-5-3-2-4-6-11;1-11(2)7-8-3-5-9(10)6-4-8;1-6-2-3-7-5-9(11)10-8(7)4-6;1-3-5(7)6-4-2;/h5-12,14-16,18,32,35H,4,19H2,1-3H3,(H,30,34);4-15,27,29H,16H2,1-3H3;2-9,17,19H,1H3;3-6H,7,10H2,1-2H3;2-4H,5H2,1H3,(H,10,11);1H,4H2,2H3,(H,6,7);1H. The number of ketones is 1. The van der Waals surface area contributed by atoms with E-state index in [-0.39, 0.29) is 65.1 Å². The molecule has 0 bridgehead atoms. The van der Waals surface area contributed by atoms with Gasteiger partial charge in [0.2, 0.25) is 11.8 Å². The van der Waals surface area contributed by atoms with Crippen molar-refractivity contribution in [2.24, 2.45) is 9.98 Å². The van der Waals surface area contributed by atoms with Crippen LogP contribution in [0.5, 0.6) is 17.6 Å². The first-order chi connectivity index (χ1) is 53.9. The van der Waals surface area contributed by atoms with Crippen molar-refractivity contribution in [1.82, 2.24) is 40.3 Å². The molecule has 14 rings (SSSR count). The first-order valence-corrected chi connectivity index (χ1v) is 36.6. The van der Waals surface area contributed by atoms with Crippen molar-refractivity contribution < 1.29 is 34.5 Å². The zero-order valence-corrected chi connectivity index (χ0v) is 67.9. The Bertz CT molecular complexity index is 5560. The third kappa shape index (κ3) is 24.8. The maximum Gasteiger partial charge on any atom is 0.296 e. The van der Waals surface area contributed by atoms with Gasteiger partial charge in [0.25, 0.3) is 11.8 Å². The molecule has 3 amide bonds. The van der Waals surface area contributed by atoms with Crippen LogP contribution in [0.25, 0.3) is 32.7 Å². The van der Waals surface area contributed by atoms with Crippen LogP contribution in [0.1, 0.15) is 96.5 Å². The predicted molar refractivity (Wildman–Crippen MR) is 471 cm³/mol. The van der Waals surface area contributed by atoms with E-state index in [1.165, 1.54) is 22.3 Å². The Balaban J connectivity index is 0.000000183. The van der Waals surface area contributed by atoms with Crippen molar-refractivity contribution in [1.29, 1.82) is 0 Å². The summed E-state index contributed by atoms with van der Waals surface area (Å²) in [4.78, 5) is 70.4. The largest absolute Gasteiger partial charge is 0.494 e. The number of hydrogen-bond acceptors (Lipinski definition) is 13. The molecule has 0 saturated carbocycles. The SMILES string of the molecule is C#CC(=O)NCC.CCNC(=O)C#Cc1ccc2c(C(=Nc3ccc(CN(C)C)cc3)c3ccccc3)c(O)[nH]c2c1.CN(C)Cc1ccc(N)cc1.Cc1ccc2c(C(=Nc3ccc(CN(C)C)cc3)c3ccccc3)c(O)[nH]c2c1.Cc1ccc2c(C(=O)c3ccccc3)c(O)[nH]c2c1.Cc1ccc2c(c1)NC(=O)C2.I. The number of carbonyl (C=O) groups excluding carboxylic acids is 4. The minimum Gasteiger partial charge on any atom is -0.494 e. The molecule has 0 unspecified atom stereocenters. The minimum absolute atomic E-state index is 0. The van der Waals surface area contributed by atoms with E-state index < -0.39 is 0 Å². The molecule has 0 atom stereocenters. The number of aliphatic imine (C=N–C) groups is 2. The number of hydrogen-bond donors (Lipinski definition) is 10. The van der Waals surface area contributed by atoms with Crippen molar-refractivity contribution in [3.05, 3.63) is 314 Å². The van der Waals surface area contributed by atoms with Crippen molar-refractivity contribution in [2.75, 3.05) is 66.4 Å². The summed E-state index contributed by atoms with van der Waals surface area (Å²) in [6.45, 7) is 13.5. The Morgan fingerprint density at radius 3 is 1.28 bits per heavy atom. The number of benzene rings is 10. The monoisotopic (exact) mass is 1620 g/mol. The molecule has 0 radical (unpaired) electrons. The van der Waals surface area contributed by atoms with Gasteiger partial charge in [0.15, 0.2) is 17.5 Å². The molecule has 13 aromatic rings. The summed E-state index contributed by atoms with van der Waals surface area (Å²) < 4.78 is 0. The lowest BCUT2D eigenvalue weighted by Crippen LogP contribution is -2.20. The van der Waals surface area contributed by atoms with Crippen LogP contribution in [-0.4, -0.2) is 135 Å². The Labute approximate surface area is 678 Å². The van der Waals surface area contributed by atoms with Gasteiger partial charge in [-0.1, -0.05) is 176 Å². The Kier molecular flexibility index (Phi) is 31.7. The van der Waals surface area contributed by atoms with Gasteiger partial charge in [0, 0.05) is 99.5 Å². The summed E-state index contributed by atoms with van der Waals surface area (Å²) in [6.07, 6.45) is 5.23. The number of rotatable bonds is 16.